The smallest absolute Gasteiger partial charge is 0.110 e. The molecule has 0 radical (unpaired) electrons. The van der Waals surface area contributed by atoms with Crippen LogP contribution in [0.2, 0.25) is 0 Å². The Morgan fingerprint density at radius 3 is 2.82 bits per heavy atom. The van der Waals surface area contributed by atoms with Gasteiger partial charge in [-0.3, -0.25) is 0 Å². The Morgan fingerprint density at radius 2 is 2.06 bits per heavy atom. The van der Waals surface area contributed by atoms with Crippen LogP contribution in [0.15, 0.2) is 24.3 Å². The maximum absolute atomic E-state index is 3.77. The molecule has 92 valence electrons. The predicted molar refractivity (Wildman–Crippen MR) is 72.5 cm³/mol. The Kier molecular flexibility index (Phi) is 2.71. The second-order valence-corrected chi connectivity index (χ2v) is 5.14. The van der Waals surface area contributed by atoms with Crippen LogP contribution in [-0.2, 0) is 0 Å². The average Bonchev–Trinajstić information content (AvgIpc) is 2.92. The van der Waals surface area contributed by atoms with Gasteiger partial charge in [-0.25, -0.2) is 0 Å². The third-order valence-electron chi connectivity index (χ3n) is 4.09. The van der Waals surface area contributed by atoms with Crippen molar-refractivity contribution in [3.8, 4) is 0 Å². The quantitative estimate of drug-likeness (QED) is 0.836. The molecule has 1 fully saturated rings. The van der Waals surface area contributed by atoms with Gasteiger partial charge in [-0.15, -0.1) is 0 Å². The van der Waals surface area contributed by atoms with Crippen LogP contribution in [-0.4, -0.2) is 25.8 Å². The molecule has 0 bridgehead atoms. The Hall–Kier alpha value is -1.22. The topological polar surface area (TPSA) is 27.3 Å². The number of para-hydroxylation sites is 2. The van der Waals surface area contributed by atoms with Crippen LogP contribution in [0, 0.1) is 0 Å². The summed E-state index contributed by atoms with van der Waals surface area (Å²) < 4.78 is 0. The number of hydrogen-bond acceptors (Lipinski definition) is 3. The molecule has 0 unspecified atom stereocenters. The maximum atomic E-state index is 3.77. The van der Waals surface area contributed by atoms with Crippen LogP contribution in [0.4, 0.5) is 11.4 Å². The van der Waals surface area contributed by atoms with Crippen LogP contribution in [0.5, 0.6) is 0 Å². The van der Waals surface area contributed by atoms with E-state index >= 15 is 0 Å². The summed E-state index contributed by atoms with van der Waals surface area (Å²) >= 11 is 0. The number of nitrogens with zero attached hydrogens (tertiary/aromatic N) is 1. The van der Waals surface area contributed by atoms with Gasteiger partial charge >= 0.3 is 0 Å². The normalized spacial score (nSPS) is 20.6. The van der Waals surface area contributed by atoms with Crippen LogP contribution >= 0.6 is 0 Å². The lowest BCUT2D eigenvalue weighted by Crippen LogP contribution is -2.50. The fraction of sp³-hybridized carbons (Fsp3) is 0.571. The van der Waals surface area contributed by atoms with Crippen LogP contribution in [0.3, 0.4) is 0 Å². The van der Waals surface area contributed by atoms with Gasteiger partial charge in [0.05, 0.1) is 11.4 Å². The molecule has 3 rings (SSSR count). The average molecular weight is 231 g/mol. The Bertz CT molecular complexity index is 396. The number of benzene rings is 1. The second kappa shape index (κ2) is 4.22. The summed E-state index contributed by atoms with van der Waals surface area (Å²) in [5.74, 6) is 0. The van der Waals surface area contributed by atoms with E-state index in [4.69, 9.17) is 0 Å². The summed E-state index contributed by atoms with van der Waals surface area (Å²) in [6.07, 6.45) is 5.23. The van der Waals surface area contributed by atoms with Crippen molar-refractivity contribution in [2.24, 2.45) is 0 Å². The van der Waals surface area contributed by atoms with E-state index in [1.807, 2.05) is 7.05 Å². The molecule has 2 aliphatic rings. The van der Waals surface area contributed by atoms with Gasteiger partial charge in [0.2, 0.25) is 0 Å². The zero-order valence-electron chi connectivity index (χ0n) is 10.5. The molecule has 1 aliphatic heterocycles. The van der Waals surface area contributed by atoms with Gasteiger partial charge in [-0.1, -0.05) is 12.1 Å². The Labute approximate surface area is 103 Å². The van der Waals surface area contributed by atoms with Crippen molar-refractivity contribution in [1.29, 1.82) is 0 Å². The fourth-order valence-corrected chi connectivity index (χ4v) is 3.28. The van der Waals surface area contributed by atoms with E-state index in [-0.39, 0.29) is 5.66 Å². The number of nitrogens with one attached hydrogen (secondary N) is 2. The highest BCUT2D eigenvalue weighted by molar-refractivity contribution is 5.78. The summed E-state index contributed by atoms with van der Waals surface area (Å²) in [7, 11) is 2.02. The first kappa shape index (κ1) is 10.9. The van der Waals surface area contributed by atoms with E-state index < -0.39 is 0 Å². The molecule has 0 aromatic heterocycles. The largest absolute Gasteiger partial charge is 0.361 e. The third-order valence-corrected chi connectivity index (χ3v) is 4.09. The van der Waals surface area contributed by atoms with Crippen molar-refractivity contribution >= 4 is 11.4 Å². The van der Waals surface area contributed by atoms with Gasteiger partial charge in [0.15, 0.2) is 0 Å². The van der Waals surface area contributed by atoms with E-state index in [1.54, 1.807) is 0 Å². The van der Waals surface area contributed by atoms with Gasteiger partial charge in [0, 0.05) is 13.1 Å². The van der Waals surface area contributed by atoms with E-state index in [9.17, 15) is 0 Å². The molecular weight excluding hydrogens is 210 g/mol. The number of anilines is 2. The van der Waals surface area contributed by atoms with Gasteiger partial charge in [0.1, 0.15) is 5.66 Å². The van der Waals surface area contributed by atoms with E-state index in [0.29, 0.717) is 0 Å². The van der Waals surface area contributed by atoms with E-state index in [0.717, 1.165) is 13.1 Å². The highest BCUT2D eigenvalue weighted by Crippen LogP contribution is 2.46. The molecule has 0 amide bonds. The molecule has 1 aromatic rings. The predicted octanol–water partition coefficient (Wildman–Crippen LogP) is 2.41. The van der Waals surface area contributed by atoms with E-state index in [2.05, 4.69) is 39.8 Å². The van der Waals surface area contributed by atoms with Crippen LogP contribution in [0.25, 0.3) is 0 Å². The van der Waals surface area contributed by atoms with Gasteiger partial charge in [-0.05, 0) is 44.9 Å². The lowest BCUT2D eigenvalue weighted by Gasteiger charge is -2.37. The number of hydrogen-bond donors (Lipinski definition) is 2. The molecular formula is C14H21N3. The molecule has 3 heteroatoms. The number of fused-ring (bicyclic) bond motifs is 1. The van der Waals surface area contributed by atoms with Crippen molar-refractivity contribution in [1.82, 2.24) is 5.32 Å². The molecule has 3 nitrogen and oxygen atoms in total. The summed E-state index contributed by atoms with van der Waals surface area (Å²) in [5, 5.41) is 7.03. The van der Waals surface area contributed by atoms with Crippen molar-refractivity contribution in [2.45, 2.75) is 31.3 Å². The molecule has 1 aliphatic carbocycles. The van der Waals surface area contributed by atoms with Crippen LogP contribution in [0.1, 0.15) is 25.7 Å². The third kappa shape index (κ3) is 1.69. The van der Waals surface area contributed by atoms with Gasteiger partial charge < -0.3 is 15.5 Å². The zero-order valence-corrected chi connectivity index (χ0v) is 10.5. The first-order valence-electron chi connectivity index (χ1n) is 6.65. The van der Waals surface area contributed by atoms with Crippen LogP contribution < -0.4 is 15.5 Å². The zero-order chi connectivity index (χ0) is 11.7. The summed E-state index contributed by atoms with van der Waals surface area (Å²) in [6.45, 7) is 2.12. The molecule has 17 heavy (non-hydrogen) atoms. The van der Waals surface area contributed by atoms with Crippen molar-refractivity contribution in [3.63, 3.8) is 0 Å². The lowest BCUT2D eigenvalue weighted by atomic mass is 10.1. The highest BCUT2D eigenvalue weighted by Gasteiger charge is 2.44. The van der Waals surface area contributed by atoms with Gasteiger partial charge in [-0.2, -0.15) is 0 Å². The standard InChI is InChI=1S/C14H21N3/c1-15-10-11-17-13-7-3-2-6-12(13)16-14(17)8-4-5-9-14/h2-3,6-7,15-16H,4-5,8-11H2,1H3. The van der Waals surface area contributed by atoms with Gasteiger partial charge in [0.25, 0.3) is 0 Å². The number of rotatable bonds is 3. The molecule has 0 atom stereocenters. The van der Waals surface area contributed by atoms with Crippen molar-refractivity contribution < 1.29 is 0 Å². The number of likely N-dealkylation sites (N-methyl/N-ethyl adjacent to an activating group) is 1. The molecule has 1 saturated carbocycles. The summed E-state index contributed by atoms with van der Waals surface area (Å²) in [6, 6.07) is 8.71. The lowest BCUT2D eigenvalue weighted by molar-refractivity contribution is 0.462. The minimum absolute atomic E-state index is 0.209. The minimum Gasteiger partial charge on any atom is -0.361 e. The second-order valence-electron chi connectivity index (χ2n) is 5.14. The Balaban J connectivity index is 1.92. The molecule has 0 saturated heterocycles. The minimum atomic E-state index is 0.209. The maximum Gasteiger partial charge on any atom is 0.110 e. The Morgan fingerprint density at radius 1 is 1.29 bits per heavy atom. The molecule has 1 aromatic carbocycles. The summed E-state index contributed by atoms with van der Waals surface area (Å²) in [4.78, 5) is 2.58. The summed E-state index contributed by atoms with van der Waals surface area (Å²) in [5.41, 5.74) is 2.90. The molecule has 1 heterocycles. The molecule has 1 spiro atoms. The SMILES string of the molecule is CNCCN1c2ccccc2NC12CCCC2. The van der Waals surface area contributed by atoms with Crippen molar-refractivity contribution in [3.05, 3.63) is 24.3 Å². The molecule has 2 N–H and O–H groups in total. The fourth-order valence-electron chi connectivity index (χ4n) is 3.28. The van der Waals surface area contributed by atoms with Crippen molar-refractivity contribution in [2.75, 3.05) is 30.4 Å². The van der Waals surface area contributed by atoms with E-state index in [1.165, 1.54) is 37.1 Å². The first-order valence-corrected chi connectivity index (χ1v) is 6.65. The highest BCUT2D eigenvalue weighted by atomic mass is 15.4. The monoisotopic (exact) mass is 231 g/mol. The first-order chi connectivity index (χ1) is 8.36.